The summed E-state index contributed by atoms with van der Waals surface area (Å²) in [5.41, 5.74) is 2.04. The Hall–Kier alpha value is -3.04. The second-order valence-electron chi connectivity index (χ2n) is 6.36. The average molecular weight is 399 g/mol. The van der Waals surface area contributed by atoms with E-state index in [1.165, 1.54) is 31.7 Å². The van der Waals surface area contributed by atoms with Crippen LogP contribution in [0.1, 0.15) is 24.1 Å². The predicted octanol–water partition coefficient (Wildman–Crippen LogP) is 2.26. The fourth-order valence-electron chi connectivity index (χ4n) is 2.76. The molecule has 1 atom stereocenters. The van der Waals surface area contributed by atoms with E-state index in [-0.39, 0.29) is 17.3 Å². The number of nitrogens with one attached hydrogen (secondary N) is 2. The number of aromatic nitrogens is 3. The fraction of sp³-hybridized carbons (Fsp3) is 0.211. The molecule has 1 amide bonds. The average Bonchev–Trinajstić information content (AvgIpc) is 3.16. The van der Waals surface area contributed by atoms with E-state index in [1.807, 2.05) is 30.3 Å². The van der Waals surface area contributed by atoms with Crippen LogP contribution < -0.4 is 10.0 Å². The van der Waals surface area contributed by atoms with Crippen molar-refractivity contribution in [2.75, 3.05) is 5.32 Å². The van der Waals surface area contributed by atoms with Gasteiger partial charge in [-0.3, -0.25) is 9.48 Å². The van der Waals surface area contributed by atoms with Crippen molar-refractivity contribution in [1.29, 1.82) is 0 Å². The lowest BCUT2D eigenvalue weighted by molar-refractivity contribution is -0.114. The lowest BCUT2D eigenvalue weighted by atomic mass is 10.1. The third kappa shape index (κ3) is 4.81. The predicted molar refractivity (Wildman–Crippen MR) is 105 cm³/mol. The number of rotatable bonds is 7. The number of nitrogens with zero attached hydrogens (tertiary/aromatic N) is 3. The number of benzene rings is 2. The van der Waals surface area contributed by atoms with Crippen LogP contribution in [0.4, 0.5) is 5.69 Å². The number of hydrogen-bond donors (Lipinski definition) is 2. The quantitative estimate of drug-likeness (QED) is 0.634. The summed E-state index contributed by atoms with van der Waals surface area (Å²) >= 11 is 0. The van der Waals surface area contributed by atoms with Gasteiger partial charge < -0.3 is 5.32 Å². The van der Waals surface area contributed by atoms with Crippen molar-refractivity contribution < 1.29 is 13.2 Å². The zero-order chi connectivity index (χ0) is 20.1. The molecule has 0 aliphatic heterocycles. The van der Waals surface area contributed by atoms with Crippen LogP contribution in [0.5, 0.6) is 0 Å². The Morgan fingerprint density at radius 1 is 1.18 bits per heavy atom. The van der Waals surface area contributed by atoms with E-state index < -0.39 is 16.1 Å². The molecule has 146 valence electrons. The van der Waals surface area contributed by atoms with Gasteiger partial charge in [0.2, 0.25) is 15.9 Å². The Kier molecular flexibility index (Phi) is 5.86. The topological polar surface area (TPSA) is 106 Å². The maximum Gasteiger partial charge on any atom is 0.241 e. The third-order valence-electron chi connectivity index (χ3n) is 4.17. The van der Waals surface area contributed by atoms with Gasteiger partial charge in [-0.05, 0) is 30.2 Å². The Morgan fingerprint density at radius 2 is 1.93 bits per heavy atom. The molecule has 0 saturated heterocycles. The highest BCUT2D eigenvalue weighted by Crippen LogP contribution is 2.23. The van der Waals surface area contributed by atoms with Crippen LogP contribution in [0, 0.1) is 6.92 Å². The highest BCUT2D eigenvalue weighted by atomic mass is 32.2. The number of carbonyl (C=O) groups is 1. The van der Waals surface area contributed by atoms with Gasteiger partial charge in [-0.1, -0.05) is 36.4 Å². The van der Waals surface area contributed by atoms with Crippen LogP contribution in [0.25, 0.3) is 0 Å². The molecule has 3 aromatic rings. The molecule has 3 rings (SSSR count). The van der Waals surface area contributed by atoms with E-state index in [1.54, 1.807) is 17.7 Å². The van der Waals surface area contributed by atoms with E-state index in [0.29, 0.717) is 5.69 Å². The SMILES string of the molecule is CC(=O)Nc1cc(S(=O)(=O)NC(Cn2cncn2)c2ccccc2)ccc1C. The Balaban J connectivity index is 1.92. The van der Waals surface area contributed by atoms with Crippen molar-refractivity contribution in [3.63, 3.8) is 0 Å². The molecule has 0 radical (unpaired) electrons. The molecule has 1 aromatic heterocycles. The van der Waals surface area contributed by atoms with E-state index in [4.69, 9.17) is 0 Å². The number of carbonyl (C=O) groups excluding carboxylic acids is 1. The summed E-state index contributed by atoms with van der Waals surface area (Å²) in [7, 11) is -3.85. The summed E-state index contributed by atoms with van der Waals surface area (Å²) < 4.78 is 30.4. The van der Waals surface area contributed by atoms with E-state index in [9.17, 15) is 13.2 Å². The van der Waals surface area contributed by atoms with Crippen LogP contribution >= 0.6 is 0 Å². The van der Waals surface area contributed by atoms with Crippen molar-refractivity contribution in [3.8, 4) is 0 Å². The van der Waals surface area contributed by atoms with Crippen LogP contribution in [0.2, 0.25) is 0 Å². The number of amides is 1. The van der Waals surface area contributed by atoms with Crippen molar-refractivity contribution in [1.82, 2.24) is 19.5 Å². The van der Waals surface area contributed by atoms with Gasteiger partial charge in [0.15, 0.2) is 0 Å². The van der Waals surface area contributed by atoms with Crippen molar-refractivity contribution in [2.45, 2.75) is 31.3 Å². The number of sulfonamides is 1. The van der Waals surface area contributed by atoms with Crippen LogP contribution in [0.3, 0.4) is 0 Å². The number of hydrogen-bond acceptors (Lipinski definition) is 5. The maximum absolute atomic E-state index is 13.0. The van der Waals surface area contributed by atoms with Crippen LogP contribution in [-0.2, 0) is 21.4 Å². The summed E-state index contributed by atoms with van der Waals surface area (Å²) in [5, 5.41) is 6.72. The first-order chi connectivity index (χ1) is 13.3. The molecule has 8 nitrogen and oxygen atoms in total. The molecule has 0 bridgehead atoms. The van der Waals surface area contributed by atoms with Gasteiger partial charge in [-0.2, -0.15) is 5.10 Å². The molecular weight excluding hydrogens is 378 g/mol. The number of anilines is 1. The van der Waals surface area contributed by atoms with E-state index in [0.717, 1.165) is 11.1 Å². The standard InChI is InChI=1S/C19H21N5O3S/c1-14-8-9-17(10-18(14)22-15(2)25)28(26,27)23-19(11-24-13-20-12-21-24)16-6-4-3-5-7-16/h3-10,12-13,19,23H,11H2,1-2H3,(H,22,25). The summed E-state index contributed by atoms with van der Waals surface area (Å²) in [6.45, 7) is 3.46. The molecule has 2 N–H and O–H groups in total. The van der Waals surface area contributed by atoms with E-state index in [2.05, 4.69) is 20.1 Å². The molecule has 28 heavy (non-hydrogen) atoms. The minimum Gasteiger partial charge on any atom is -0.326 e. The molecule has 0 aliphatic carbocycles. The number of aryl methyl sites for hydroxylation is 1. The lowest BCUT2D eigenvalue weighted by Gasteiger charge is -2.20. The van der Waals surface area contributed by atoms with Gasteiger partial charge in [0, 0.05) is 12.6 Å². The first kappa shape index (κ1) is 19.7. The molecule has 9 heteroatoms. The van der Waals surface area contributed by atoms with Gasteiger partial charge in [-0.15, -0.1) is 0 Å². The fourth-order valence-corrected chi connectivity index (χ4v) is 4.00. The molecule has 1 heterocycles. The minimum absolute atomic E-state index is 0.0707. The molecule has 0 saturated carbocycles. The normalized spacial score (nSPS) is 12.5. The van der Waals surface area contributed by atoms with Gasteiger partial charge in [0.05, 0.1) is 17.5 Å². The Labute approximate surface area is 163 Å². The molecule has 0 aliphatic rings. The largest absolute Gasteiger partial charge is 0.326 e. The third-order valence-corrected chi connectivity index (χ3v) is 5.63. The van der Waals surface area contributed by atoms with Crippen molar-refractivity contribution >= 4 is 21.6 Å². The Morgan fingerprint density at radius 3 is 2.57 bits per heavy atom. The Bertz CT molecular complexity index is 1050. The van der Waals surface area contributed by atoms with Gasteiger partial charge in [0.1, 0.15) is 12.7 Å². The second kappa shape index (κ2) is 8.32. The zero-order valence-electron chi connectivity index (χ0n) is 15.5. The smallest absolute Gasteiger partial charge is 0.241 e. The van der Waals surface area contributed by atoms with Crippen LogP contribution in [-0.4, -0.2) is 29.1 Å². The molecule has 0 spiro atoms. The highest BCUT2D eigenvalue weighted by molar-refractivity contribution is 7.89. The van der Waals surface area contributed by atoms with E-state index >= 15 is 0 Å². The highest BCUT2D eigenvalue weighted by Gasteiger charge is 2.23. The molecule has 0 fully saturated rings. The summed E-state index contributed by atoms with van der Waals surface area (Å²) in [4.78, 5) is 15.4. The van der Waals surface area contributed by atoms with Gasteiger partial charge in [0.25, 0.3) is 0 Å². The van der Waals surface area contributed by atoms with Crippen molar-refractivity contribution in [3.05, 3.63) is 72.3 Å². The first-order valence-corrected chi connectivity index (χ1v) is 10.1. The summed E-state index contributed by atoms with van der Waals surface area (Å²) in [5.74, 6) is -0.265. The second-order valence-corrected chi connectivity index (χ2v) is 8.07. The zero-order valence-corrected chi connectivity index (χ0v) is 16.3. The van der Waals surface area contributed by atoms with Crippen molar-refractivity contribution in [2.24, 2.45) is 0 Å². The molecular formula is C19H21N5O3S. The van der Waals surface area contributed by atoms with Gasteiger partial charge >= 0.3 is 0 Å². The maximum atomic E-state index is 13.0. The molecule has 1 unspecified atom stereocenters. The summed E-state index contributed by atoms with van der Waals surface area (Å²) in [6, 6.07) is 13.3. The minimum atomic E-state index is -3.85. The monoisotopic (exact) mass is 399 g/mol. The summed E-state index contributed by atoms with van der Waals surface area (Å²) in [6.07, 6.45) is 2.93. The molecule has 2 aromatic carbocycles. The lowest BCUT2D eigenvalue weighted by Crippen LogP contribution is -2.31. The first-order valence-electron chi connectivity index (χ1n) is 8.63. The van der Waals surface area contributed by atoms with Gasteiger partial charge in [-0.25, -0.2) is 18.1 Å². The van der Waals surface area contributed by atoms with Crippen LogP contribution in [0.15, 0.2) is 66.1 Å².